The Morgan fingerprint density at radius 1 is 1.52 bits per heavy atom. The summed E-state index contributed by atoms with van der Waals surface area (Å²) in [5, 5.41) is 10.0. The Balaban J connectivity index is 2.40. The summed E-state index contributed by atoms with van der Waals surface area (Å²) in [4.78, 5) is 24.1. The lowest BCUT2D eigenvalue weighted by Crippen LogP contribution is -2.24. The quantitative estimate of drug-likeness (QED) is 0.474. The lowest BCUT2D eigenvalue weighted by molar-refractivity contribution is -0.136. The van der Waals surface area contributed by atoms with Gasteiger partial charge in [0.15, 0.2) is 5.78 Å². The van der Waals surface area contributed by atoms with Crippen LogP contribution < -0.4 is 0 Å². The molecule has 3 atom stereocenters. The number of allylic oxidation sites excluding steroid dienone is 2. The van der Waals surface area contributed by atoms with Crippen LogP contribution in [0.15, 0.2) is 35.5 Å². The van der Waals surface area contributed by atoms with E-state index in [1.54, 1.807) is 13.0 Å². The summed E-state index contributed by atoms with van der Waals surface area (Å²) in [7, 11) is 1.24. The fourth-order valence-electron chi connectivity index (χ4n) is 2.44. The third kappa shape index (κ3) is 2.99. The van der Waals surface area contributed by atoms with E-state index < -0.39 is 23.8 Å². The Morgan fingerprint density at radius 3 is 2.81 bits per heavy atom. The summed E-state index contributed by atoms with van der Waals surface area (Å²) >= 11 is 0. The largest absolute Gasteiger partial charge is 0.465 e. The minimum atomic E-state index is -0.652. The number of Topliss-reactive ketones (excluding diaryl/α,β-unsaturated/α-hetero) is 1. The highest BCUT2D eigenvalue weighted by atomic mass is 16.6. The first-order chi connectivity index (χ1) is 9.80. The van der Waals surface area contributed by atoms with Gasteiger partial charge < -0.3 is 14.6 Å². The van der Waals surface area contributed by atoms with Crippen molar-refractivity contribution in [3.05, 3.63) is 35.5 Å². The molecule has 0 bridgehead atoms. The van der Waals surface area contributed by atoms with Gasteiger partial charge in [-0.25, -0.2) is 4.79 Å². The van der Waals surface area contributed by atoms with Crippen molar-refractivity contribution in [1.82, 2.24) is 0 Å². The number of hydrogen-bond donors (Lipinski definition) is 1. The first kappa shape index (κ1) is 15.7. The monoisotopic (exact) mass is 292 g/mol. The molecule has 2 aliphatic rings. The van der Waals surface area contributed by atoms with Crippen molar-refractivity contribution in [3.63, 3.8) is 0 Å². The van der Waals surface area contributed by atoms with E-state index in [-0.39, 0.29) is 16.9 Å². The number of aliphatic hydroxyl groups is 1. The molecule has 0 spiro atoms. The molecule has 114 valence electrons. The minimum Gasteiger partial charge on any atom is -0.465 e. The van der Waals surface area contributed by atoms with Crippen LogP contribution in [0, 0.1) is 0 Å². The zero-order chi connectivity index (χ0) is 15.8. The number of hydrogen-bond acceptors (Lipinski definition) is 5. The van der Waals surface area contributed by atoms with E-state index in [1.807, 2.05) is 6.92 Å². The lowest BCUT2D eigenvalue weighted by atomic mass is 9.89. The van der Waals surface area contributed by atoms with Crippen molar-refractivity contribution < 1.29 is 24.2 Å². The molecule has 1 aliphatic carbocycles. The van der Waals surface area contributed by atoms with Crippen molar-refractivity contribution in [2.24, 2.45) is 0 Å². The molecule has 2 rings (SSSR count). The number of ether oxygens (including phenoxy) is 2. The molecule has 1 aliphatic heterocycles. The van der Waals surface area contributed by atoms with Crippen LogP contribution in [0.1, 0.15) is 26.7 Å². The SMILES string of the molecule is C=C(C(=O)OC)C1=CC=C(C)C(O)CCC2(C)OC2C1=O. The number of esters is 1. The number of ketones is 1. The van der Waals surface area contributed by atoms with E-state index in [9.17, 15) is 14.7 Å². The Kier molecular flexibility index (Phi) is 4.16. The molecule has 1 saturated heterocycles. The average Bonchev–Trinajstić information content (AvgIpc) is 3.15. The van der Waals surface area contributed by atoms with Crippen molar-refractivity contribution in [1.29, 1.82) is 0 Å². The number of methoxy groups -OCH3 is 1. The maximum Gasteiger partial charge on any atom is 0.337 e. The van der Waals surface area contributed by atoms with Gasteiger partial charge in [-0.1, -0.05) is 18.7 Å². The Hall–Kier alpha value is -1.72. The van der Waals surface area contributed by atoms with E-state index in [1.165, 1.54) is 13.2 Å². The third-order valence-electron chi connectivity index (χ3n) is 4.10. The number of aliphatic hydroxyl groups excluding tert-OH is 1. The zero-order valence-electron chi connectivity index (χ0n) is 12.5. The molecular weight excluding hydrogens is 272 g/mol. The van der Waals surface area contributed by atoms with Gasteiger partial charge in [-0.3, -0.25) is 4.79 Å². The molecule has 1 N–H and O–H groups in total. The normalized spacial score (nSPS) is 32.5. The lowest BCUT2D eigenvalue weighted by Gasteiger charge is -2.15. The van der Waals surface area contributed by atoms with Gasteiger partial charge in [0.1, 0.15) is 11.7 Å². The first-order valence-corrected chi connectivity index (χ1v) is 6.86. The van der Waals surface area contributed by atoms with Crippen LogP contribution >= 0.6 is 0 Å². The van der Waals surface area contributed by atoms with Gasteiger partial charge in [-0.15, -0.1) is 0 Å². The topological polar surface area (TPSA) is 76.1 Å². The Labute approximate surface area is 123 Å². The molecule has 0 aromatic rings. The number of fused-ring (bicyclic) bond motifs is 1. The van der Waals surface area contributed by atoms with Gasteiger partial charge in [0.05, 0.1) is 18.8 Å². The summed E-state index contributed by atoms with van der Waals surface area (Å²) in [5.74, 6) is -0.922. The van der Waals surface area contributed by atoms with Crippen molar-refractivity contribution in [2.45, 2.75) is 44.5 Å². The van der Waals surface area contributed by atoms with Crippen LogP contribution in [0.4, 0.5) is 0 Å². The second-order valence-electron chi connectivity index (χ2n) is 5.69. The van der Waals surface area contributed by atoms with Crippen molar-refractivity contribution in [2.75, 3.05) is 7.11 Å². The van der Waals surface area contributed by atoms with Gasteiger partial charge in [-0.05, 0) is 32.3 Å². The molecule has 1 fully saturated rings. The maximum atomic E-state index is 12.5. The maximum absolute atomic E-state index is 12.5. The summed E-state index contributed by atoms with van der Waals surface area (Å²) in [6.07, 6.45) is 3.06. The molecule has 5 heteroatoms. The number of rotatable bonds is 2. The summed E-state index contributed by atoms with van der Waals surface area (Å²) in [6.45, 7) is 7.25. The number of epoxide rings is 1. The second kappa shape index (κ2) is 5.58. The second-order valence-corrected chi connectivity index (χ2v) is 5.69. The Bertz CT molecular complexity index is 557. The summed E-state index contributed by atoms with van der Waals surface area (Å²) in [5.41, 5.74) is 0.315. The van der Waals surface area contributed by atoms with E-state index >= 15 is 0 Å². The highest BCUT2D eigenvalue weighted by Crippen LogP contribution is 2.43. The predicted molar refractivity (Wildman–Crippen MR) is 76.5 cm³/mol. The Morgan fingerprint density at radius 2 is 2.19 bits per heavy atom. The van der Waals surface area contributed by atoms with Gasteiger partial charge in [0.25, 0.3) is 0 Å². The van der Waals surface area contributed by atoms with Gasteiger partial charge in [0, 0.05) is 5.57 Å². The van der Waals surface area contributed by atoms with E-state index in [0.29, 0.717) is 12.8 Å². The van der Waals surface area contributed by atoms with Crippen LogP contribution in [-0.2, 0) is 19.1 Å². The van der Waals surface area contributed by atoms with E-state index in [0.717, 1.165) is 5.57 Å². The zero-order valence-corrected chi connectivity index (χ0v) is 12.5. The van der Waals surface area contributed by atoms with Crippen LogP contribution in [0.25, 0.3) is 0 Å². The molecule has 0 aromatic heterocycles. The van der Waals surface area contributed by atoms with Crippen LogP contribution in [0.3, 0.4) is 0 Å². The summed E-state index contributed by atoms with van der Waals surface area (Å²) < 4.78 is 10.1. The van der Waals surface area contributed by atoms with Gasteiger partial charge >= 0.3 is 5.97 Å². The molecule has 3 unspecified atom stereocenters. The fraction of sp³-hybridized carbons (Fsp3) is 0.500. The third-order valence-corrected chi connectivity index (χ3v) is 4.10. The van der Waals surface area contributed by atoms with Gasteiger partial charge in [0.2, 0.25) is 0 Å². The predicted octanol–water partition coefficient (Wildman–Crippen LogP) is 1.47. The highest BCUT2D eigenvalue weighted by Gasteiger charge is 2.57. The van der Waals surface area contributed by atoms with Crippen LogP contribution in [-0.4, -0.2) is 41.8 Å². The highest BCUT2D eigenvalue weighted by molar-refractivity contribution is 6.12. The molecular formula is C16H20O5. The molecule has 0 saturated carbocycles. The first-order valence-electron chi connectivity index (χ1n) is 6.86. The molecule has 5 nitrogen and oxygen atoms in total. The molecule has 21 heavy (non-hydrogen) atoms. The molecule has 0 aromatic carbocycles. The number of carbonyl (C=O) groups excluding carboxylic acids is 2. The fourth-order valence-corrected chi connectivity index (χ4v) is 2.44. The van der Waals surface area contributed by atoms with Gasteiger partial charge in [-0.2, -0.15) is 0 Å². The minimum absolute atomic E-state index is 0.000497. The average molecular weight is 292 g/mol. The summed E-state index contributed by atoms with van der Waals surface area (Å²) in [6, 6.07) is 0. The molecule has 1 heterocycles. The standard InChI is InChI=1S/C16H20O5/c1-9-5-6-11(10(2)15(19)20-4)13(18)14-16(3,21-14)8-7-12(9)17/h5-6,12,14,17H,2,7-8H2,1,3-4H3. The van der Waals surface area contributed by atoms with Crippen LogP contribution in [0.2, 0.25) is 0 Å². The smallest absolute Gasteiger partial charge is 0.337 e. The van der Waals surface area contributed by atoms with E-state index in [2.05, 4.69) is 11.3 Å². The van der Waals surface area contributed by atoms with E-state index in [4.69, 9.17) is 4.74 Å². The van der Waals surface area contributed by atoms with Crippen LogP contribution in [0.5, 0.6) is 0 Å². The van der Waals surface area contributed by atoms with Crippen molar-refractivity contribution >= 4 is 11.8 Å². The molecule has 0 amide bonds. The van der Waals surface area contributed by atoms with Crippen molar-refractivity contribution in [3.8, 4) is 0 Å². The molecule has 0 radical (unpaired) electrons. The number of carbonyl (C=O) groups is 2.